The Labute approximate surface area is 253 Å². The zero-order valence-corrected chi connectivity index (χ0v) is 25.8. The number of carbonyl (C=O) groups is 1. The summed E-state index contributed by atoms with van der Waals surface area (Å²) >= 11 is 0. The Morgan fingerprint density at radius 2 is 1.63 bits per heavy atom. The molecule has 1 spiro atoms. The first-order valence-corrected chi connectivity index (χ1v) is 15.2. The van der Waals surface area contributed by atoms with Crippen LogP contribution in [0.5, 0.6) is 17.2 Å². The number of likely N-dealkylation sites (tertiary alicyclic amines) is 1. The lowest BCUT2D eigenvalue weighted by molar-refractivity contribution is -0.135. The molecule has 3 aromatic rings. The zero-order valence-electron chi connectivity index (χ0n) is 25.8. The van der Waals surface area contributed by atoms with Crippen molar-refractivity contribution in [2.45, 2.75) is 30.8 Å². The molecule has 1 N–H and O–H groups in total. The minimum absolute atomic E-state index is 0.00433. The number of carbonyl (C=O) groups excluding carboxylic acids is 1. The number of aliphatic hydroxyl groups is 1. The summed E-state index contributed by atoms with van der Waals surface area (Å²) in [6.45, 7) is 6.25. The Kier molecular flexibility index (Phi) is 8.55. The SMILES string of the molecule is COc1cc(CN2CC3(CCN(C(=O)CN4CCOCC4)CC3)c3c(n(C)c4cc(OC)ccc34)[C@@H]2CO)cc(OC)c1. The predicted octanol–water partition coefficient (Wildman–Crippen LogP) is 2.95. The van der Waals surface area contributed by atoms with Crippen molar-refractivity contribution in [3.63, 3.8) is 0 Å². The second-order valence-corrected chi connectivity index (χ2v) is 12.1. The quantitative estimate of drug-likeness (QED) is 0.427. The van der Waals surface area contributed by atoms with E-state index >= 15 is 0 Å². The fourth-order valence-corrected chi connectivity index (χ4v) is 7.46. The number of aliphatic hydroxyl groups excluding tert-OH is 1. The molecular formula is C33H44N4O6. The Balaban J connectivity index is 1.36. The number of piperidine rings is 1. The summed E-state index contributed by atoms with van der Waals surface area (Å²) in [5.41, 5.74) is 4.43. The third kappa shape index (κ3) is 5.57. The molecule has 0 unspecified atom stereocenters. The fraction of sp³-hybridized carbons (Fsp3) is 0.545. The van der Waals surface area contributed by atoms with Gasteiger partial charge in [-0.3, -0.25) is 14.6 Å². The highest BCUT2D eigenvalue weighted by Gasteiger charge is 2.48. The first kappa shape index (κ1) is 29.7. The number of hydrogen-bond acceptors (Lipinski definition) is 8. The molecule has 10 nitrogen and oxygen atoms in total. The molecule has 0 radical (unpaired) electrons. The summed E-state index contributed by atoms with van der Waals surface area (Å²) in [5, 5.41) is 12.1. The van der Waals surface area contributed by atoms with Gasteiger partial charge in [0.05, 0.1) is 59.3 Å². The summed E-state index contributed by atoms with van der Waals surface area (Å²) < 4.78 is 24.4. The van der Waals surface area contributed by atoms with Crippen LogP contribution in [0.1, 0.15) is 35.7 Å². The number of benzene rings is 2. The van der Waals surface area contributed by atoms with Crippen LogP contribution in [0.2, 0.25) is 0 Å². The Bertz CT molecular complexity index is 1440. The molecule has 4 heterocycles. The normalized spacial score (nSPS) is 20.8. The number of nitrogens with zero attached hydrogens (tertiary/aromatic N) is 4. The third-order valence-corrected chi connectivity index (χ3v) is 9.75. The van der Waals surface area contributed by atoms with Crippen LogP contribution in [0.25, 0.3) is 10.9 Å². The van der Waals surface area contributed by atoms with E-state index in [1.807, 2.05) is 29.2 Å². The second-order valence-electron chi connectivity index (χ2n) is 12.1. The average molecular weight is 593 g/mol. The van der Waals surface area contributed by atoms with Crippen molar-refractivity contribution in [2.75, 3.05) is 80.4 Å². The van der Waals surface area contributed by atoms with Crippen LogP contribution < -0.4 is 14.2 Å². The van der Waals surface area contributed by atoms with Crippen LogP contribution in [0.4, 0.5) is 0 Å². The maximum absolute atomic E-state index is 13.4. The smallest absolute Gasteiger partial charge is 0.236 e. The van der Waals surface area contributed by atoms with Gasteiger partial charge in [0.15, 0.2) is 0 Å². The van der Waals surface area contributed by atoms with E-state index in [2.05, 4.69) is 33.5 Å². The van der Waals surface area contributed by atoms with E-state index in [4.69, 9.17) is 18.9 Å². The van der Waals surface area contributed by atoms with E-state index in [9.17, 15) is 9.90 Å². The molecule has 1 atom stereocenters. The lowest BCUT2D eigenvalue weighted by Gasteiger charge is -2.50. The van der Waals surface area contributed by atoms with Gasteiger partial charge in [-0.1, -0.05) is 0 Å². The van der Waals surface area contributed by atoms with Crippen molar-refractivity contribution in [3.05, 3.63) is 53.2 Å². The molecule has 2 saturated heterocycles. The number of hydrogen-bond donors (Lipinski definition) is 1. The number of ether oxygens (including phenoxy) is 4. The van der Waals surface area contributed by atoms with E-state index in [1.165, 1.54) is 10.9 Å². The molecule has 232 valence electrons. The lowest BCUT2D eigenvalue weighted by atomic mass is 9.68. The van der Waals surface area contributed by atoms with Gasteiger partial charge in [-0.2, -0.15) is 0 Å². The maximum Gasteiger partial charge on any atom is 0.236 e. The van der Waals surface area contributed by atoms with Gasteiger partial charge >= 0.3 is 0 Å². The molecule has 1 aromatic heterocycles. The monoisotopic (exact) mass is 592 g/mol. The topological polar surface area (TPSA) is 88.9 Å². The number of aryl methyl sites for hydroxylation is 1. The number of morpholine rings is 1. The summed E-state index contributed by atoms with van der Waals surface area (Å²) in [6.07, 6.45) is 1.71. The van der Waals surface area contributed by atoms with Crippen molar-refractivity contribution in [1.82, 2.24) is 19.3 Å². The molecule has 3 aliphatic heterocycles. The van der Waals surface area contributed by atoms with Gasteiger partial charge in [0.1, 0.15) is 17.2 Å². The van der Waals surface area contributed by atoms with Gasteiger partial charge in [0.25, 0.3) is 0 Å². The highest BCUT2D eigenvalue weighted by molar-refractivity contribution is 5.89. The van der Waals surface area contributed by atoms with Crippen molar-refractivity contribution < 1.29 is 28.8 Å². The number of fused-ring (bicyclic) bond motifs is 4. The van der Waals surface area contributed by atoms with E-state index < -0.39 is 0 Å². The van der Waals surface area contributed by atoms with Gasteiger partial charge in [-0.25, -0.2) is 0 Å². The first-order valence-electron chi connectivity index (χ1n) is 15.2. The van der Waals surface area contributed by atoms with Crippen molar-refractivity contribution in [2.24, 2.45) is 7.05 Å². The van der Waals surface area contributed by atoms with Gasteiger partial charge in [-0.15, -0.1) is 0 Å². The zero-order chi connectivity index (χ0) is 30.1. The number of aromatic nitrogens is 1. The molecule has 6 rings (SSSR count). The van der Waals surface area contributed by atoms with E-state index in [1.54, 1.807) is 21.3 Å². The maximum atomic E-state index is 13.4. The second kappa shape index (κ2) is 12.4. The Hall–Kier alpha value is -3.31. The third-order valence-electron chi connectivity index (χ3n) is 9.75. The Morgan fingerprint density at radius 1 is 0.953 bits per heavy atom. The molecule has 1 amide bonds. The average Bonchev–Trinajstić information content (AvgIpc) is 3.34. The van der Waals surface area contributed by atoms with E-state index in [0.29, 0.717) is 39.4 Å². The summed E-state index contributed by atoms with van der Waals surface area (Å²) in [7, 11) is 7.11. The van der Waals surface area contributed by atoms with Crippen LogP contribution in [0, 0.1) is 0 Å². The van der Waals surface area contributed by atoms with Gasteiger partial charge in [0, 0.05) is 74.9 Å². The molecule has 0 bridgehead atoms. The molecule has 43 heavy (non-hydrogen) atoms. The molecule has 10 heteroatoms. The van der Waals surface area contributed by atoms with Crippen LogP contribution in [-0.4, -0.2) is 111 Å². The predicted molar refractivity (Wildman–Crippen MR) is 164 cm³/mol. The largest absolute Gasteiger partial charge is 0.497 e. The minimum atomic E-state index is -0.192. The molecule has 3 aliphatic rings. The minimum Gasteiger partial charge on any atom is -0.497 e. The summed E-state index contributed by atoms with van der Waals surface area (Å²) in [4.78, 5) is 20.0. The van der Waals surface area contributed by atoms with Crippen LogP contribution in [0.15, 0.2) is 36.4 Å². The first-order chi connectivity index (χ1) is 20.9. The number of rotatable bonds is 8. The Morgan fingerprint density at radius 3 is 2.26 bits per heavy atom. The fourth-order valence-electron chi connectivity index (χ4n) is 7.46. The van der Waals surface area contributed by atoms with Crippen molar-refractivity contribution in [3.8, 4) is 17.2 Å². The summed E-state index contributed by atoms with van der Waals surface area (Å²) in [6, 6.07) is 12.1. The van der Waals surface area contributed by atoms with Gasteiger partial charge in [0.2, 0.25) is 5.91 Å². The van der Waals surface area contributed by atoms with Gasteiger partial charge in [-0.05, 0) is 48.2 Å². The molecule has 0 saturated carbocycles. The van der Waals surface area contributed by atoms with Crippen LogP contribution >= 0.6 is 0 Å². The van der Waals surface area contributed by atoms with Crippen LogP contribution in [0.3, 0.4) is 0 Å². The number of methoxy groups -OCH3 is 3. The summed E-state index contributed by atoms with van der Waals surface area (Å²) in [5.74, 6) is 2.49. The lowest BCUT2D eigenvalue weighted by Crippen LogP contribution is -2.55. The van der Waals surface area contributed by atoms with E-state index in [0.717, 1.165) is 66.5 Å². The van der Waals surface area contributed by atoms with Crippen LogP contribution in [-0.2, 0) is 28.5 Å². The molecule has 2 aromatic carbocycles. The molecule has 0 aliphatic carbocycles. The van der Waals surface area contributed by atoms with Crippen molar-refractivity contribution in [1.29, 1.82) is 0 Å². The molecule has 2 fully saturated rings. The highest BCUT2D eigenvalue weighted by atomic mass is 16.5. The van der Waals surface area contributed by atoms with Crippen molar-refractivity contribution >= 4 is 16.8 Å². The standard InChI is InChI=1S/C33H44N4O6/c1-34-28-18-24(40-2)5-6-27(28)31-32(34)29(21-38)37(19-23-15-25(41-3)17-26(16-23)42-4)22-33(31)7-9-36(10-8-33)30(39)20-35-11-13-43-14-12-35/h5-6,15-18,29,38H,7-14,19-22H2,1-4H3/t29-/m0/s1. The van der Waals surface area contributed by atoms with Gasteiger partial charge < -0.3 is 33.5 Å². The highest BCUT2D eigenvalue weighted by Crippen LogP contribution is 2.50. The van der Waals surface area contributed by atoms with E-state index in [-0.39, 0.29) is 24.0 Å². The molecular weight excluding hydrogens is 548 g/mol. The number of amides is 1.